The molecule has 0 aromatic heterocycles. The van der Waals surface area contributed by atoms with E-state index in [0.29, 0.717) is 11.1 Å². The van der Waals surface area contributed by atoms with Gasteiger partial charge in [0.2, 0.25) is 0 Å². The van der Waals surface area contributed by atoms with Gasteiger partial charge in [0.15, 0.2) is 5.78 Å². The summed E-state index contributed by atoms with van der Waals surface area (Å²) in [6.45, 7) is 0. The largest absolute Gasteiger partial charge is 0.497 e. The summed E-state index contributed by atoms with van der Waals surface area (Å²) in [5.74, 6) is 0.737. The third-order valence-electron chi connectivity index (χ3n) is 2.78. The van der Waals surface area contributed by atoms with Crippen molar-refractivity contribution >= 4 is 37.6 Å². The molecule has 0 fully saturated rings. The molecule has 0 radical (unpaired) electrons. The number of ketones is 1. The highest BCUT2D eigenvalue weighted by Gasteiger charge is 2.12. The Balaban J connectivity index is 2.32. The topological polar surface area (TPSA) is 26.3 Å². The lowest BCUT2D eigenvalue weighted by molar-refractivity contribution is 0.103. The van der Waals surface area contributed by atoms with Gasteiger partial charge in [-0.3, -0.25) is 4.79 Å². The van der Waals surface area contributed by atoms with E-state index in [-0.39, 0.29) is 5.78 Å². The Hall–Kier alpha value is -1.13. The molecule has 0 spiro atoms. The average Bonchev–Trinajstić information content (AvgIpc) is 2.46. The highest BCUT2D eigenvalue weighted by Crippen LogP contribution is 2.23. The molecule has 0 unspecified atom stereocenters. The van der Waals surface area contributed by atoms with E-state index >= 15 is 0 Å². The standard InChI is InChI=1S/C15H12Br2O2/c1-19-12-5-3-11(4-6-12)15(18)13-7-2-10(9-16)8-14(13)17/h2-8H,9H2,1H3. The summed E-state index contributed by atoms with van der Waals surface area (Å²) in [5.41, 5.74) is 2.43. The van der Waals surface area contributed by atoms with E-state index in [1.165, 1.54) is 0 Å². The van der Waals surface area contributed by atoms with Crippen LogP contribution in [-0.4, -0.2) is 12.9 Å². The van der Waals surface area contributed by atoms with Crippen molar-refractivity contribution in [3.63, 3.8) is 0 Å². The molecule has 0 saturated heterocycles. The normalized spacial score (nSPS) is 10.3. The number of alkyl halides is 1. The molecule has 0 bridgehead atoms. The maximum absolute atomic E-state index is 12.4. The van der Waals surface area contributed by atoms with Gasteiger partial charge in [-0.05, 0) is 42.0 Å². The van der Waals surface area contributed by atoms with Crippen molar-refractivity contribution < 1.29 is 9.53 Å². The van der Waals surface area contributed by atoms with E-state index in [1.54, 1.807) is 31.4 Å². The number of benzene rings is 2. The molecule has 0 saturated carbocycles. The van der Waals surface area contributed by atoms with Crippen molar-refractivity contribution in [2.45, 2.75) is 5.33 Å². The zero-order valence-electron chi connectivity index (χ0n) is 10.3. The van der Waals surface area contributed by atoms with Gasteiger partial charge < -0.3 is 4.74 Å². The molecule has 0 aliphatic carbocycles. The summed E-state index contributed by atoms with van der Waals surface area (Å²) in [4.78, 5) is 12.4. The summed E-state index contributed by atoms with van der Waals surface area (Å²) >= 11 is 6.84. The lowest BCUT2D eigenvalue weighted by Crippen LogP contribution is -2.02. The van der Waals surface area contributed by atoms with Crippen molar-refractivity contribution in [1.82, 2.24) is 0 Å². The van der Waals surface area contributed by atoms with E-state index in [9.17, 15) is 4.79 Å². The number of carbonyl (C=O) groups excluding carboxylic acids is 1. The molecular formula is C15H12Br2O2. The van der Waals surface area contributed by atoms with E-state index in [4.69, 9.17) is 4.74 Å². The van der Waals surface area contributed by atoms with Gasteiger partial charge in [-0.25, -0.2) is 0 Å². The third-order valence-corrected chi connectivity index (χ3v) is 4.09. The number of carbonyl (C=O) groups is 1. The lowest BCUT2D eigenvalue weighted by atomic mass is 10.0. The Morgan fingerprint density at radius 2 is 1.84 bits per heavy atom. The first-order chi connectivity index (χ1) is 9.15. The van der Waals surface area contributed by atoms with E-state index in [1.807, 2.05) is 18.2 Å². The number of rotatable bonds is 4. The highest BCUT2D eigenvalue weighted by atomic mass is 79.9. The molecule has 2 nitrogen and oxygen atoms in total. The maximum Gasteiger partial charge on any atom is 0.194 e. The minimum Gasteiger partial charge on any atom is -0.497 e. The molecule has 0 atom stereocenters. The van der Waals surface area contributed by atoms with Crippen molar-refractivity contribution in [1.29, 1.82) is 0 Å². The first kappa shape index (κ1) is 14.3. The number of ether oxygens (including phenoxy) is 1. The summed E-state index contributed by atoms with van der Waals surface area (Å²) in [6, 6.07) is 12.8. The summed E-state index contributed by atoms with van der Waals surface area (Å²) in [7, 11) is 1.60. The van der Waals surface area contributed by atoms with Gasteiger partial charge in [-0.1, -0.05) is 37.9 Å². The second-order valence-electron chi connectivity index (χ2n) is 4.01. The number of hydrogen-bond acceptors (Lipinski definition) is 2. The van der Waals surface area contributed by atoms with Crippen LogP contribution in [0.15, 0.2) is 46.9 Å². The van der Waals surface area contributed by atoms with Gasteiger partial charge in [0.1, 0.15) is 5.75 Å². The Bertz CT molecular complexity index is 592. The van der Waals surface area contributed by atoms with E-state index in [2.05, 4.69) is 31.9 Å². The third kappa shape index (κ3) is 3.25. The second-order valence-corrected chi connectivity index (χ2v) is 5.42. The average molecular weight is 384 g/mol. The molecule has 2 aromatic carbocycles. The van der Waals surface area contributed by atoms with Crippen molar-refractivity contribution in [2.24, 2.45) is 0 Å². The van der Waals surface area contributed by atoms with Crippen LogP contribution in [0, 0.1) is 0 Å². The van der Waals surface area contributed by atoms with Gasteiger partial charge in [0.05, 0.1) is 7.11 Å². The van der Waals surface area contributed by atoms with Crippen LogP contribution >= 0.6 is 31.9 Å². The first-order valence-electron chi connectivity index (χ1n) is 5.69. The quantitative estimate of drug-likeness (QED) is 0.570. The Kier molecular flexibility index (Phi) is 4.77. The van der Waals surface area contributed by atoms with Gasteiger partial charge in [0.25, 0.3) is 0 Å². The van der Waals surface area contributed by atoms with E-state index in [0.717, 1.165) is 21.1 Å². The van der Waals surface area contributed by atoms with Crippen LogP contribution in [0.1, 0.15) is 21.5 Å². The monoisotopic (exact) mass is 382 g/mol. The molecule has 0 heterocycles. The SMILES string of the molecule is COc1ccc(C(=O)c2ccc(CBr)cc2Br)cc1. The van der Waals surface area contributed by atoms with Crippen LogP contribution in [-0.2, 0) is 5.33 Å². The van der Waals surface area contributed by atoms with Gasteiger partial charge in [0, 0.05) is 20.9 Å². The van der Waals surface area contributed by atoms with Crippen molar-refractivity contribution in [2.75, 3.05) is 7.11 Å². The molecule has 4 heteroatoms. The molecule has 2 aromatic rings. The minimum atomic E-state index is -0.00403. The fourth-order valence-corrected chi connectivity index (χ4v) is 2.68. The van der Waals surface area contributed by atoms with Crippen LogP contribution < -0.4 is 4.74 Å². The molecule has 19 heavy (non-hydrogen) atoms. The van der Waals surface area contributed by atoms with E-state index < -0.39 is 0 Å². The molecule has 0 amide bonds. The van der Waals surface area contributed by atoms with Gasteiger partial charge in [-0.15, -0.1) is 0 Å². The molecule has 2 rings (SSSR count). The van der Waals surface area contributed by atoms with Crippen LogP contribution in [0.25, 0.3) is 0 Å². The highest BCUT2D eigenvalue weighted by molar-refractivity contribution is 9.10. The van der Waals surface area contributed by atoms with Gasteiger partial charge in [-0.2, -0.15) is 0 Å². The number of hydrogen-bond donors (Lipinski definition) is 0. The van der Waals surface area contributed by atoms with Crippen molar-refractivity contribution in [3.05, 3.63) is 63.6 Å². The molecular weight excluding hydrogens is 372 g/mol. The fraction of sp³-hybridized carbons (Fsp3) is 0.133. The minimum absolute atomic E-state index is 0.00403. The smallest absolute Gasteiger partial charge is 0.194 e. The van der Waals surface area contributed by atoms with Crippen LogP contribution in [0.2, 0.25) is 0 Å². The lowest BCUT2D eigenvalue weighted by Gasteiger charge is -2.06. The molecule has 0 aliphatic heterocycles. The Morgan fingerprint density at radius 3 is 2.37 bits per heavy atom. The number of halogens is 2. The summed E-state index contributed by atoms with van der Waals surface area (Å²) in [5, 5.41) is 0.766. The summed E-state index contributed by atoms with van der Waals surface area (Å²) < 4.78 is 5.89. The Labute approximate surface area is 129 Å². The molecule has 0 aliphatic rings. The summed E-state index contributed by atoms with van der Waals surface area (Å²) in [6.07, 6.45) is 0. The fourth-order valence-electron chi connectivity index (χ4n) is 1.72. The zero-order chi connectivity index (χ0) is 13.8. The predicted octanol–water partition coefficient (Wildman–Crippen LogP) is 4.58. The molecule has 0 N–H and O–H groups in total. The maximum atomic E-state index is 12.4. The molecule has 98 valence electrons. The van der Waals surface area contributed by atoms with Crippen LogP contribution in [0.5, 0.6) is 5.75 Å². The second kappa shape index (κ2) is 6.35. The van der Waals surface area contributed by atoms with Crippen LogP contribution in [0.3, 0.4) is 0 Å². The van der Waals surface area contributed by atoms with Crippen LogP contribution in [0.4, 0.5) is 0 Å². The predicted molar refractivity (Wildman–Crippen MR) is 83.2 cm³/mol. The zero-order valence-corrected chi connectivity index (χ0v) is 13.5. The van der Waals surface area contributed by atoms with Crippen molar-refractivity contribution in [3.8, 4) is 5.75 Å². The first-order valence-corrected chi connectivity index (χ1v) is 7.60. The Morgan fingerprint density at radius 1 is 1.16 bits per heavy atom. The number of methoxy groups -OCH3 is 1. The van der Waals surface area contributed by atoms with Gasteiger partial charge >= 0.3 is 0 Å².